The fourth-order valence-electron chi connectivity index (χ4n) is 1.98. The van der Waals surface area contributed by atoms with Gasteiger partial charge in [0.05, 0.1) is 11.2 Å². The highest BCUT2D eigenvalue weighted by Crippen LogP contribution is 2.30. The van der Waals surface area contributed by atoms with E-state index in [-0.39, 0.29) is 0 Å². The molecule has 1 aliphatic carbocycles. The molecule has 1 fully saturated rings. The standard InChI is InChI=1S/C16H17ClN2O/c1-11-2-5-16(15(17)6-11)20-14-7-12(8-18-10-14)9-19-13-3-4-13/h2,5-8,10,13,19H,3-4,9H2,1H3. The first-order chi connectivity index (χ1) is 9.70. The van der Waals surface area contributed by atoms with Gasteiger partial charge in [0.25, 0.3) is 0 Å². The molecular formula is C16H17ClN2O. The van der Waals surface area contributed by atoms with Crippen LogP contribution in [0.3, 0.4) is 0 Å². The van der Waals surface area contributed by atoms with Crippen LogP contribution < -0.4 is 10.1 Å². The number of nitrogens with one attached hydrogen (secondary N) is 1. The van der Waals surface area contributed by atoms with Crippen molar-refractivity contribution in [2.24, 2.45) is 0 Å². The van der Waals surface area contributed by atoms with Crippen molar-refractivity contribution in [3.05, 3.63) is 52.8 Å². The van der Waals surface area contributed by atoms with Crippen LogP contribution in [-0.4, -0.2) is 11.0 Å². The smallest absolute Gasteiger partial charge is 0.146 e. The van der Waals surface area contributed by atoms with Crippen molar-refractivity contribution >= 4 is 11.6 Å². The number of hydrogen-bond donors (Lipinski definition) is 1. The molecule has 0 amide bonds. The van der Waals surface area contributed by atoms with Gasteiger partial charge in [0.2, 0.25) is 0 Å². The molecule has 0 radical (unpaired) electrons. The summed E-state index contributed by atoms with van der Waals surface area (Å²) in [5.41, 5.74) is 2.24. The lowest BCUT2D eigenvalue weighted by Gasteiger charge is -2.09. The molecule has 3 rings (SSSR count). The van der Waals surface area contributed by atoms with Crippen LogP contribution in [0.1, 0.15) is 24.0 Å². The Morgan fingerprint density at radius 1 is 1.30 bits per heavy atom. The van der Waals surface area contributed by atoms with Gasteiger partial charge in [-0.1, -0.05) is 17.7 Å². The molecule has 0 atom stereocenters. The number of hydrogen-bond acceptors (Lipinski definition) is 3. The molecule has 1 aromatic heterocycles. The number of benzene rings is 1. The normalized spacial score (nSPS) is 14.3. The Labute approximate surface area is 123 Å². The maximum atomic E-state index is 6.17. The van der Waals surface area contributed by atoms with Gasteiger partial charge in [-0.25, -0.2) is 0 Å². The minimum Gasteiger partial charge on any atom is -0.454 e. The van der Waals surface area contributed by atoms with Crippen LogP contribution in [0.4, 0.5) is 0 Å². The minimum atomic E-state index is 0.617. The highest BCUT2D eigenvalue weighted by molar-refractivity contribution is 6.32. The van der Waals surface area contributed by atoms with Crippen molar-refractivity contribution < 1.29 is 4.74 Å². The molecule has 0 unspecified atom stereocenters. The van der Waals surface area contributed by atoms with Crippen LogP contribution in [0.15, 0.2) is 36.7 Å². The zero-order chi connectivity index (χ0) is 13.9. The summed E-state index contributed by atoms with van der Waals surface area (Å²) in [5.74, 6) is 1.37. The van der Waals surface area contributed by atoms with Crippen LogP contribution in [-0.2, 0) is 6.54 Å². The van der Waals surface area contributed by atoms with Crippen molar-refractivity contribution in [3.63, 3.8) is 0 Å². The van der Waals surface area contributed by atoms with Gasteiger partial charge in [0, 0.05) is 18.8 Å². The summed E-state index contributed by atoms with van der Waals surface area (Å²) in [7, 11) is 0. The van der Waals surface area contributed by atoms with E-state index in [1.54, 1.807) is 6.20 Å². The van der Waals surface area contributed by atoms with E-state index in [9.17, 15) is 0 Å². The number of aryl methyl sites for hydroxylation is 1. The molecule has 2 aromatic rings. The number of rotatable bonds is 5. The topological polar surface area (TPSA) is 34.1 Å². The van der Waals surface area contributed by atoms with E-state index in [2.05, 4.69) is 10.3 Å². The van der Waals surface area contributed by atoms with E-state index in [4.69, 9.17) is 16.3 Å². The lowest BCUT2D eigenvalue weighted by Crippen LogP contribution is -2.15. The molecule has 1 aliphatic rings. The Hall–Kier alpha value is -1.58. The maximum absolute atomic E-state index is 6.17. The zero-order valence-corrected chi connectivity index (χ0v) is 12.2. The van der Waals surface area contributed by atoms with Gasteiger partial charge in [-0.15, -0.1) is 0 Å². The quantitative estimate of drug-likeness (QED) is 0.900. The van der Waals surface area contributed by atoms with E-state index in [0.29, 0.717) is 22.6 Å². The molecular weight excluding hydrogens is 272 g/mol. The Bertz CT molecular complexity index is 611. The molecule has 20 heavy (non-hydrogen) atoms. The zero-order valence-electron chi connectivity index (χ0n) is 11.4. The van der Waals surface area contributed by atoms with E-state index >= 15 is 0 Å². The molecule has 0 spiro atoms. The molecule has 1 N–H and O–H groups in total. The molecule has 0 aliphatic heterocycles. The van der Waals surface area contributed by atoms with E-state index in [0.717, 1.165) is 17.7 Å². The molecule has 3 nitrogen and oxygen atoms in total. The summed E-state index contributed by atoms with van der Waals surface area (Å²) in [6.45, 7) is 2.83. The second-order valence-electron chi connectivity index (χ2n) is 5.22. The first-order valence-corrected chi connectivity index (χ1v) is 7.20. The molecule has 4 heteroatoms. The fraction of sp³-hybridized carbons (Fsp3) is 0.312. The minimum absolute atomic E-state index is 0.617. The third kappa shape index (κ3) is 3.50. The van der Waals surface area contributed by atoms with E-state index in [1.807, 2.05) is 37.4 Å². The number of nitrogens with zero attached hydrogens (tertiary/aromatic N) is 1. The highest BCUT2D eigenvalue weighted by Gasteiger charge is 2.20. The van der Waals surface area contributed by atoms with Crippen molar-refractivity contribution in [1.29, 1.82) is 0 Å². The summed E-state index contributed by atoms with van der Waals surface area (Å²) in [6, 6.07) is 8.44. The van der Waals surface area contributed by atoms with Gasteiger partial charge in [-0.3, -0.25) is 4.98 Å². The van der Waals surface area contributed by atoms with Gasteiger partial charge in [-0.2, -0.15) is 0 Å². The molecule has 1 heterocycles. The van der Waals surface area contributed by atoms with Crippen molar-refractivity contribution in [2.45, 2.75) is 32.4 Å². The Balaban J connectivity index is 1.70. The predicted octanol–water partition coefficient (Wildman–Crippen LogP) is 4.09. The summed E-state index contributed by atoms with van der Waals surface area (Å²) in [4.78, 5) is 4.22. The van der Waals surface area contributed by atoms with Gasteiger partial charge in [-0.05, 0) is 49.1 Å². The first-order valence-electron chi connectivity index (χ1n) is 6.82. The van der Waals surface area contributed by atoms with Gasteiger partial charge in [0.1, 0.15) is 11.5 Å². The lowest BCUT2D eigenvalue weighted by molar-refractivity contribution is 0.479. The molecule has 1 aromatic carbocycles. The van der Waals surface area contributed by atoms with Crippen LogP contribution >= 0.6 is 11.6 Å². The van der Waals surface area contributed by atoms with Gasteiger partial charge in [0.15, 0.2) is 0 Å². The first kappa shape index (κ1) is 13.4. The van der Waals surface area contributed by atoms with Crippen molar-refractivity contribution in [3.8, 4) is 11.5 Å². The van der Waals surface area contributed by atoms with Crippen molar-refractivity contribution in [2.75, 3.05) is 0 Å². The Morgan fingerprint density at radius 2 is 2.15 bits per heavy atom. The Kier molecular flexibility index (Phi) is 3.90. The number of aromatic nitrogens is 1. The predicted molar refractivity (Wildman–Crippen MR) is 80.4 cm³/mol. The molecule has 0 bridgehead atoms. The van der Waals surface area contributed by atoms with Gasteiger partial charge < -0.3 is 10.1 Å². The van der Waals surface area contributed by atoms with Crippen LogP contribution in [0.5, 0.6) is 11.5 Å². The van der Waals surface area contributed by atoms with Crippen LogP contribution in [0, 0.1) is 6.92 Å². The number of halogens is 1. The van der Waals surface area contributed by atoms with E-state index < -0.39 is 0 Å². The fourth-order valence-corrected chi connectivity index (χ4v) is 2.26. The highest BCUT2D eigenvalue weighted by atomic mass is 35.5. The largest absolute Gasteiger partial charge is 0.454 e. The monoisotopic (exact) mass is 288 g/mol. The Morgan fingerprint density at radius 3 is 2.90 bits per heavy atom. The van der Waals surface area contributed by atoms with Crippen LogP contribution in [0.2, 0.25) is 5.02 Å². The summed E-state index contributed by atoms with van der Waals surface area (Å²) in [5, 5.41) is 4.08. The third-order valence-corrected chi connectivity index (χ3v) is 3.55. The average molecular weight is 289 g/mol. The maximum Gasteiger partial charge on any atom is 0.146 e. The third-order valence-electron chi connectivity index (χ3n) is 3.26. The summed E-state index contributed by atoms with van der Waals surface area (Å²) in [6.07, 6.45) is 6.13. The van der Waals surface area contributed by atoms with Crippen molar-refractivity contribution in [1.82, 2.24) is 10.3 Å². The number of ether oxygens (including phenoxy) is 1. The SMILES string of the molecule is Cc1ccc(Oc2cncc(CNC3CC3)c2)c(Cl)c1. The molecule has 0 saturated heterocycles. The second-order valence-corrected chi connectivity index (χ2v) is 5.63. The lowest BCUT2D eigenvalue weighted by atomic mass is 10.2. The molecule has 1 saturated carbocycles. The van der Waals surface area contributed by atoms with Gasteiger partial charge >= 0.3 is 0 Å². The summed E-state index contributed by atoms with van der Waals surface area (Å²) < 4.78 is 5.81. The van der Waals surface area contributed by atoms with E-state index in [1.165, 1.54) is 12.8 Å². The molecule has 104 valence electrons. The number of pyridine rings is 1. The van der Waals surface area contributed by atoms with Crippen LogP contribution in [0.25, 0.3) is 0 Å². The second kappa shape index (κ2) is 5.81. The average Bonchev–Trinajstić information content (AvgIpc) is 3.24. The summed E-state index contributed by atoms with van der Waals surface area (Å²) >= 11 is 6.17.